The van der Waals surface area contributed by atoms with Crippen molar-refractivity contribution < 1.29 is 14.6 Å². The lowest BCUT2D eigenvalue weighted by Crippen LogP contribution is -2.13. The van der Waals surface area contributed by atoms with Crippen LogP contribution in [0.5, 0.6) is 5.88 Å². The van der Waals surface area contributed by atoms with Crippen molar-refractivity contribution in [3.8, 4) is 5.88 Å². The highest BCUT2D eigenvalue weighted by atomic mass is 35.5. The van der Waals surface area contributed by atoms with Crippen molar-refractivity contribution in [3.63, 3.8) is 0 Å². The molecule has 0 spiro atoms. The van der Waals surface area contributed by atoms with Crippen LogP contribution >= 0.6 is 11.6 Å². The van der Waals surface area contributed by atoms with Crippen molar-refractivity contribution >= 4 is 17.6 Å². The Hall–Kier alpha value is -1.29. The minimum absolute atomic E-state index is 0.353. The molecule has 0 radical (unpaired) electrons. The van der Waals surface area contributed by atoms with Gasteiger partial charge in [-0.3, -0.25) is 4.79 Å². The van der Waals surface area contributed by atoms with Gasteiger partial charge in [0.15, 0.2) is 0 Å². The summed E-state index contributed by atoms with van der Waals surface area (Å²) in [6.45, 7) is 1.63. The van der Waals surface area contributed by atoms with Gasteiger partial charge in [-0.1, -0.05) is 18.5 Å². The second-order valence-corrected chi connectivity index (χ2v) is 3.70. The van der Waals surface area contributed by atoms with Gasteiger partial charge in [0.2, 0.25) is 5.88 Å². The first-order valence-corrected chi connectivity index (χ1v) is 4.83. The number of hydrogen-bond donors (Lipinski definition) is 1. The number of rotatable bonds is 4. The molecule has 15 heavy (non-hydrogen) atoms. The van der Waals surface area contributed by atoms with Crippen LogP contribution in [-0.4, -0.2) is 23.2 Å². The molecule has 0 aromatic carbocycles. The lowest BCUT2D eigenvalue weighted by Gasteiger charge is -2.09. The van der Waals surface area contributed by atoms with Gasteiger partial charge in [-0.2, -0.15) is 0 Å². The molecule has 1 aromatic rings. The van der Waals surface area contributed by atoms with Gasteiger partial charge in [0.25, 0.3) is 0 Å². The summed E-state index contributed by atoms with van der Waals surface area (Å²) < 4.78 is 5.02. The summed E-state index contributed by atoms with van der Waals surface area (Å²) in [5, 5.41) is 9.26. The largest absolute Gasteiger partial charge is 0.481 e. The van der Waals surface area contributed by atoms with Gasteiger partial charge < -0.3 is 9.84 Å². The first-order valence-electron chi connectivity index (χ1n) is 4.45. The van der Waals surface area contributed by atoms with Crippen LogP contribution in [0.25, 0.3) is 0 Å². The first-order chi connectivity index (χ1) is 7.04. The topological polar surface area (TPSA) is 59.4 Å². The third kappa shape index (κ3) is 3.09. The molecule has 1 rings (SSSR count). The van der Waals surface area contributed by atoms with Crippen LogP contribution in [0.2, 0.25) is 5.02 Å². The molecule has 0 saturated carbocycles. The molecule has 4 nitrogen and oxygen atoms in total. The van der Waals surface area contributed by atoms with Gasteiger partial charge >= 0.3 is 5.97 Å². The zero-order valence-electron chi connectivity index (χ0n) is 8.53. The number of carbonyl (C=O) groups is 1. The third-order valence-corrected chi connectivity index (χ3v) is 2.24. The second-order valence-electron chi connectivity index (χ2n) is 3.27. The van der Waals surface area contributed by atoms with E-state index in [4.69, 9.17) is 21.4 Å². The van der Waals surface area contributed by atoms with Crippen LogP contribution in [-0.2, 0) is 11.2 Å². The fourth-order valence-electron chi connectivity index (χ4n) is 1.22. The Labute approximate surface area is 92.8 Å². The van der Waals surface area contributed by atoms with E-state index in [9.17, 15) is 4.79 Å². The van der Waals surface area contributed by atoms with Crippen molar-refractivity contribution in [3.05, 3.63) is 22.8 Å². The van der Waals surface area contributed by atoms with E-state index in [0.717, 1.165) is 0 Å². The molecule has 5 heteroatoms. The van der Waals surface area contributed by atoms with Gasteiger partial charge in [-0.05, 0) is 12.5 Å². The fourth-order valence-corrected chi connectivity index (χ4v) is 1.40. The van der Waals surface area contributed by atoms with Crippen LogP contribution in [0.3, 0.4) is 0 Å². The predicted octanol–water partition coefficient (Wildman–Crippen LogP) is 2.01. The first kappa shape index (κ1) is 11.8. The van der Waals surface area contributed by atoms with Crippen molar-refractivity contribution in [1.82, 2.24) is 4.98 Å². The number of nitrogens with zero attached hydrogens (tertiary/aromatic N) is 1. The van der Waals surface area contributed by atoms with E-state index in [2.05, 4.69) is 4.98 Å². The van der Waals surface area contributed by atoms with Gasteiger partial charge in [-0.15, -0.1) is 0 Å². The van der Waals surface area contributed by atoms with Gasteiger partial charge in [0.1, 0.15) is 0 Å². The molecule has 0 saturated heterocycles. The highest BCUT2D eigenvalue weighted by Crippen LogP contribution is 2.22. The zero-order chi connectivity index (χ0) is 11.4. The summed E-state index contributed by atoms with van der Waals surface area (Å²) in [5.41, 5.74) is 0.708. The lowest BCUT2D eigenvalue weighted by molar-refractivity contribution is -0.141. The maximum Gasteiger partial charge on any atom is 0.306 e. The summed E-state index contributed by atoms with van der Waals surface area (Å²) in [4.78, 5) is 14.7. The number of aliphatic carboxylic acids is 1. The Kier molecular flexibility index (Phi) is 3.91. The number of pyridine rings is 1. The van der Waals surface area contributed by atoms with E-state index in [-0.39, 0.29) is 0 Å². The molecule has 0 aliphatic heterocycles. The quantitative estimate of drug-likeness (QED) is 0.858. The van der Waals surface area contributed by atoms with Crippen molar-refractivity contribution in [2.24, 2.45) is 5.92 Å². The molecule has 0 fully saturated rings. The Balaban J connectivity index is 2.91. The van der Waals surface area contributed by atoms with Crippen LogP contribution in [0, 0.1) is 5.92 Å². The van der Waals surface area contributed by atoms with Crippen molar-refractivity contribution in [2.45, 2.75) is 13.3 Å². The Morgan fingerprint density at radius 1 is 1.73 bits per heavy atom. The summed E-state index contributed by atoms with van der Waals surface area (Å²) in [7, 11) is 1.49. The average Bonchev–Trinajstić information content (AvgIpc) is 2.18. The number of ether oxygens (including phenoxy) is 1. The Bertz CT molecular complexity index is 368. The highest BCUT2D eigenvalue weighted by Gasteiger charge is 2.15. The Morgan fingerprint density at radius 2 is 2.40 bits per heavy atom. The number of hydrogen-bond acceptors (Lipinski definition) is 3. The standard InChI is InChI=1S/C10H12ClNO3/c1-6(10(13)14)3-7-4-8(11)5-12-9(7)15-2/h4-6H,3H2,1-2H3,(H,13,14). The monoisotopic (exact) mass is 229 g/mol. The molecule has 0 bridgehead atoms. The van der Waals surface area contributed by atoms with E-state index in [1.807, 2.05) is 0 Å². The van der Waals surface area contributed by atoms with Crippen LogP contribution < -0.4 is 4.74 Å². The van der Waals surface area contributed by atoms with Gasteiger partial charge in [0.05, 0.1) is 18.1 Å². The van der Waals surface area contributed by atoms with Crippen LogP contribution in [0.15, 0.2) is 12.3 Å². The van der Waals surface area contributed by atoms with Crippen molar-refractivity contribution in [1.29, 1.82) is 0 Å². The molecular weight excluding hydrogens is 218 g/mol. The van der Waals surface area contributed by atoms with Crippen LogP contribution in [0.4, 0.5) is 0 Å². The van der Waals surface area contributed by atoms with Gasteiger partial charge in [0, 0.05) is 11.8 Å². The van der Waals surface area contributed by atoms with E-state index < -0.39 is 11.9 Å². The number of methoxy groups -OCH3 is 1. The van der Waals surface area contributed by atoms with E-state index in [0.29, 0.717) is 22.9 Å². The summed E-state index contributed by atoms with van der Waals surface area (Å²) in [5.74, 6) is -0.913. The van der Waals surface area contributed by atoms with Gasteiger partial charge in [-0.25, -0.2) is 4.98 Å². The van der Waals surface area contributed by atoms with Crippen molar-refractivity contribution in [2.75, 3.05) is 7.11 Å². The number of halogens is 1. The summed E-state index contributed by atoms with van der Waals surface area (Å²) in [6, 6.07) is 1.67. The lowest BCUT2D eigenvalue weighted by atomic mass is 10.0. The minimum atomic E-state index is -0.850. The maximum atomic E-state index is 10.7. The fraction of sp³-hybridized carbons (Fsp3) is 0.400. The maximum absolute atomic E-state index is 10.7. The zero-order valence-corrected chi connectivity index (χ0v) is 9.28. The molecule has 1 N–H and O–H groups in total. The Morgan fingerprint density at radius 3 is 2.93 bits per heavy atom. The predicted molar refractivity (Wildman–Crippen MR) is 56.3 cm³/mol. The molecule has 1 heterocycles. The molecule has 1 unspecified atom stereocenters. The van der Waals surface area contributed by atoms with Crippen LogP contribution in [0.1, 0.15) is 12.5 Å². The summed E-state index contributed by atoms with van der Waals surface area (Å²) >= 11 is 5.77. The van der Waals surface area contributed by atoms with E-state index in [1.54, 1.807) is 13.0 Å². The SMILES string of the molecule is COc1ncc(Cl)cc1CC(C)C(=O)O. The highest BCUT2D eigenvalue weighted by molar-refractivity contribution is 6.30. The molecule has 0 amide bonds. The smallest absolute Gasteiger partial charge is 0.306 e. The molecule has 82 valence electrons. The molecular formula is C10H12ClNO3. The van der Waals surface area contributed by atoms with E-state index in [1.165, 1.54) is 13.3 Å². The van der Waals surface area contributed by atoms with E-state index >= 15 is 0 Å². The molecule has 1 aromatic heterocycles. The number of carboxylic acid groups (broad SMARTS) is 1. The molecule has 0 aliphatic carbocycles. The average molecular weight is 230 g/mol. The minimum Gasteiger partial charge on any atom is -0.481 e. The summed E-state index contributed by atoms with van der Waals surface area (Å²) in [6.07, 6.45) is 1.82. The third-order valence-electron chi connectivity index (χ3n) is 2.03. The number of carboxylic acids is 1. The number of aromatic nitrogens is 1. The molecule has 1 atom stereocenters. The molecule has 0 aliphatic rings. The normalized spacial score (nSPS) is 12.2. The second kappa shape index (κ2) is 4.98.